The maximum Gasteiger partial charge on any atom is 0.202 e. The van der Waals surface area contributed by atoms with Crippen LogP contribution in [0.4, 0.5) is 8.78 Å². The Morgan fingerprint density at radius 1 is 1.05 bits per heavy atom. The van der Waals surface area contributed by atoms with Crippen LogP contribution < -0.4 is 17.7 Å². The maximum atomic E-state index is 13.7. The van der Waals surface area contributed by atoms with Gasteiger partial charge < -0.3 is 17.7 Å². The van der Waals surface area contributed by atoms with Gasteiger partial charge in [0.15, 0.2) is 11.6 Å². The summed E-state index contributed by atoms with van der Waals surface area (Å²) < 4.78 is 27.0. The highest BCUT2D eigenvalue weighted by molar-refractivity contribution is 5.25. The first kappa shape index (κ1) is 17.1. The molecule has 0 amide bonds. The Labute approximate surface area is 128 Å². The van der Waals surface area contributed by atoms with E-state index in [1.54, 1.807) is 5.32 Å². The van der Waals surface area contributed by atoms with Crippen LogP contribution in [-0.2, 0) is 0 Å². The van der Waals surface area contributed by atoms with Gasteiger partial charge in [-0.3, -0.25) is 0 Å². The van der Waals surface area contributed by atoms with E-state index in [0.717, 1.165) is 11.6 Å². The molecular formula is C16H15ClF2N2. The third-order valence-electron chi connectivity index (χ3n) is 3.26. The molecular weight excluding hydrogens is 294 g/mol. The van der Waals surface area contributed by atoms with Crippen molar-refractivity contribution in [3.8, 4) is 6.07 Å². The monoisotopic (exact) mass is 308 g/mol. The minimum Gasteiger partial charge on any atom is -1.00 e. The number of nitrogens with zero attached hydrogens (tertiary/aromatic N) is 1. The van der Waals surface area contributed by atoms with Crippen LogP contribution in [0.5, 0.6) is 0 Å². The van der Waals surface area contributed by atoms with Crippen LogP contribution in [0.1, 0.15) is 30.1 Å². The Kier molecular flexibility index (Phi) is 6.29. The number of nitriles is 1. The predicted molar refractivity (Wildman–Crippen MR) is 71.5 cm³/mol. The molecule has 2 aromatic rings. The fraction of sp³-hybridized carbons (Fsp3) is 0.188. The van der Waals surface area contributed by atoms with Crippen molar-refractivity contribution in [3.63, 3.8) is 0 Å². The molecule has 21 heavy (non-hydrogen) atoms. The second-order valence-corrected chi connectivity index (χ2v) is 4.64. The van der Waals surface area contributed by atoms with Crippen LogP contribution in [-0.4, -0.2) is 0 Å². The van der Waals surface area contributed by atoms with Crippen molar-refractivity contribution < 1.29 is 26.5 Å². The van der Waals surface area contributed by atoms with Gasteiger partial charge in [-0.25, -0.2) is 8.78 Å². The van der Waals surface area contributed by atoms with E-state index >= 15 is 0 Å². The molecule has 0 unspecified atom stereocenters. The number of quaternary nitrogens is 1. The second-order valence-electron chi connectivity index (χ2n) is 4.64. The fourth-order valence-corrected chi connectivity index (χ4v) is 2.13. The molecule has 2 nitrogen and oxygen atoms in total. The van der Waals surface area contributed by atoms with Crippen molar-refractivity contribution in [1.82, 2.24) is 0 Å². The van der Waals surface area contributed by atoms with Crippen LogP contribution in [0.25, 0.3) is 0 Å². The van der Waals surface area contributed by atoms with Gasteiger partial charge in [0.05, 0.1) is 5.56 Å². The molecule has 0 fully saturated rings. The Morgan fingerprint density at radius 3 is 2.33 bits per heavy atom. The van der Waals surface area contributed by atoms with E-state index in [4.69, 9.17) is 0 Å². The molecule has 0 bridgehead atoms. The molecule has 2 atom stereocenters. The maximum absolute atomic E-state index is 13.7. The molecule has 0 aliphatic rings. The summed E-state index contributed by atoms with van der Waals surface area (Å²) in [5.41, 5.74) is 1.11. The second kappa shape index (κ2) is 7.72. The third kappa shape index (κ3) is 4.01. The Morgan fingerprint density at radius 2 is 1.71 bits per heavy atom. The van der Waals surface area contributed by atoms with E-state index in [1.807, 2.05) is 43.3 Å². The first-order valence-corrected chi connectivity index (χ1v) is 6.37. The normalized spacial score (nSPS) is 12.9. The summed E-state index contributed by atoms with van der Waals surface area (Å²) in [5.74, 6) is -1.88. The summed E-state index contributed by atoms with van der Waals surface area (Å²) in [5, 5.41) is 10.9. The number of benzene rings is 2. The lowest BCUT2D eigenvalue weighted by atomic mass is 10.0. The van der Waals surface area contributed by atoms with Crippen LogP contribution in [0.3, 0.4) is 0 Å². The van der Waals surface area contributed by atoms with E-state index in [0.29, 0.717) is 0 Å². The molecule has 0 saturated carbocycles. The van der Waals surface area contributed by atoms with Crippen molar-refractivity contribution in [1.29, 1.82) is 5.26 Å². The summed E-state index contributed by atoms with van der Waals surface area (Å²) in [6.45, 7) is 1.93. The van der Waals surface area contributed by atoms with Crippen molar-refractivity contribution >= 4 is 0 Å². The number of halogens is 3. The summed E-state index contributed by atoms with van der Waals surface area (Å²) in [6.07, 6.45) is 0. The van der Waals surface area contributed by atoms with E-state index in [-0.39, 0.29) is 24.0 Å². The smallest absolute Gasteiger partial charge is 0.202 e. The Balaban J connectivity index is 0.00000220. The standard InChI is InChI=1S/C16H14F2N2.ClH/c1-11(12-6-3-2-4-7-12)20-15(10-19)13-8-5-9-14(17)16(13)18;/h2-9,11,15,20H,1H3;1H/t11-,15+;/m0./s1. The lowest BCUT2D eigenvalue weighted by Crippen LogP contribution is -3.00. The molecule has 2 rings (SSSR count). The van der Waals surface area contributed by atoms with Crippen molar-refractivity contribution in [2.24, 2.45) is 0 Å². The highest BCUT2D eigenvalue weighted by Gasteiger charge is 2.23. The first-order valence-electron chi connectivity index (χ1n) is 6.37. The molecule has 0 aliphatic heterocycles. The van der Waals surface area contributed by atoms with Gasteiger partial charge in [0.1, 0.15) is 12.1 Å². The molecule has 0 radical (unpaired) electrons. The van der Waals surface area contributed by atoms with Crippen molar-refractivity contribution in [2.45, 2.75) is 19.0 Å². The summed E-state index contributed by atoms with van der Waals surface area (Å²) in [6, 6.07) is 14.7. The van der Waals surface area contributed by atoms with Gasteiger partial charge in [0.2, 0.25) is 6.04 Å². The third-order valence-corrected chi connectivity index (χ3v) is 3.26. The lowest BCUT2D eigenvalue weighted by Gasteiger charge is -2.16. The van der Waals surface area contributed by atoms with Crippen LogP contribution in [0, 0.1) is 23.0 Å². The van der Waals surface area contributed by atoms with Crippen LogP contribution in [0.15, 0.2) is 48.5 Å². The van der Waals surface area contributed by atoms with Gasteiger partial charge in [-0.05, 0) is 19.1 Å². The zero-order chi connectivity index (χ0) is 14.5. The SMILES string of the molecule is C[C@H]([NH2+][C@H](C#N)c1cccc(F)c1F)c1ccccc1.[Cl-]. The average molecular weight is 309 g/mol. The molecule has 2 aromatic carbocycles. The number of rotatable bonds is 4. The van der Waals surface area contributed by atoms with Gasteiger partial charge in [0, 0.05) is 5.56 Å². The quantitative estimate of drug-likeness (QED) is 0.839. The van der Waals surface area contributed by atoms with Gasteiger partial charge in [-0.1, -0.05) is 36.4 Å². The van der Waals surface area contributed by atoms with E-state index in [9.17, 15) is 14.0 Å². The largest absolute Gasteiger partial charge is 1.00 e. The fourth-order valence-electron chi connectivity index (χ4n) is 2.13. The predicted octanol–water partition coefficient (Wildman–Crippen LogP) is -0.142. The van der Waals surface area contributed by atoms with Crippen molar-refractivity contribution in [2.75, 3.05) is 0 Å². The van der Waals surface area contributed by atoms with Gasteiger partial charge in [-0.15, -0.1) is 0 Å². The average Bonchev–Trinajstić information content (AvgIpc) is 2.48. The molecule has 5 heteroatoms. The number of hydrogen-bond acceptors (Lipinski definition) is 1. The summed E-state index contributed by atoms with van der Waals surface area (Å²) >= 11 is 0. The summed E-state index contributed by atoms with van der Waals surface area (Å²) in [7, 11) is 0. The Bertz CT molecular complexity index is 626. The van der Waals surface area contributed by atoms with E-state index in [2.05, 4.69) is 0 Å². The molecule has 0 spiro atoms. The molecule has 0 aliphatic carbocycles. The topological polar surface area (TPSA) is 40.4 Å². The zero-order valence-electron chi connectivity index (χ0n) is 11.4. The van der Waals surface area contributed by atoms with Crippen LogP contribution in [0.2, 0.25) is 0 Å². The molecule has 2 N–H and O–H groups in total. The first-order chi connectivity index (χ1) is 9.63. The van der Waals surface area contributed by atoms with Gasteiger partial charge in [0.25, 0.3) is 0 Å². The minimum absolute atomic E-state index is 0. The molecule has 0 saturated heterocycles. The number of nitrogens with two attached hydrogens (primary N) is 1. The van der Waals surface area contributed by atoms with Gasteiger partial charge in [-0.2, -0.15) is 5.26 Å². The van der Waals surface area contributed by atoms with E-state index < -0.39 is 17.7 Å². The molecule has 0 heterocycles. The highest BCUT2D eigenvalue weighted by atomic mass is 35.5. The zero-order valence-corrected chi connectivity index (χ0v) is 12.2. The summed E-state index contributed by atoms with van der Waals surface area (Å²) in [4.78, 5) is 0. The Hall–Kier alpha value is -1.96. The molecule has 110 valence electrons. The molecule has 0 aromatic heterocycles. The van der Waals surface area contributed by atoms with E-state index in [1.165, 1.54) is 12.1 Å². The lowest BCUT2D eigenvalue weighted by molar-refractivity contribution is -0.720. The highest BCUT2D eigenvalue weighted by Crippen LogP contribution is 2.17. The van der Waals surface area contributed by atoms with Crippen molar-refractivity contribution in [3.05, 3.63) is 71.3 Å². The van der Waals surface area contributed by atoms with Gasteiger partial charge >= 0.3 is 0 Å². The number of hydrogen-bond donors (Lipinski definition) is 1. The minimum atomic E-state index is -0.949. The van der Waals surface area contributed by atoms with Crippen LogP contribution >= 0.6 is 0 Å².